The molecule has 1 heterocycles. The molecule has 1 fully saturated rings. The van der Waals surface area contributed by atoms with Crippen LogP contribution in [0.1, 0.15) is 19.4 Å². The Hall–Kier alpha value is -2.23. The number of hydrogen-bond acceptors (Lipinski definition) is 2. The molecule has 3 nitrogen and oxygen atoms in total. The van der Waals surface area contributed by atoms with Crippen LogP contribution in [0.15, 0.2) is 41.5 Å². The Labute approximate surface area is 178 Å². The average molecular weight is 472 g/mol. The maximum Gasteiger partial charge on any atom is 0.416 e. The first-order valence-corrected chi connectivity index (χ1v) is 9.57. The summed E-state index contributed by atoms with van der Waals surface area (Å²) in [4.78, 5) is 13.5. The molecule has 0 saturated carbocycles. The summed E-state index contributed by atoms with van der Waals surface area (Å²) in [5.74, 6) is -3.33. The SMILES string of the molecule is CC1C(C(F)(F)F)=CC(C(F)(F)F)=CC1[C@H]1OC(=O)N(Cc2ccc(F)cc2Cl)C1C. The van der Waals surface area contributed by atoms with E-state index in [2.05, 4.69) is 0 Å². The van der Waals surface area contributed by atoms with Crippen molar-refractivity contribution in [3.8, 4) is 0 Å². The minimum absolute atomic E-state index is 0.0241. The molecule has 0 radical (unpaired) electrons. The normalized spacial score (nSPS) is 27.2. The van der Waals surface area contributed by atoms with Gasteiger partial charge in [0.05, 0.1) is 18.2 Å². The van der Waals surface area contributed by atoms with Crippen LogP contribution in [0.4, 0.5) is 35.5 Å². The summed E-state index contributed by atoms with van der Waals surface area (Å²) in [6.45, 7) is 2.47. The molecule has 1 amide bonds. The monoisotopic (exact) mass is 471 g/mol. The van der Waals surface area contributed by atoms with Crippen LogP contribution in [0.3, 0.4) is 0 Å². The van der Waals surface area contributed by atoms with E-state index in [1.54, 1.807) is 0 Å². The third-order valence-corrected chi connectivity index (χ3v) is 5.93. The second-order valence-electron chi connectivity index (χ2n) is 7.54. The van der Waals surface area contributed by atoms with Gasteiger partial charge in [0, 0.05) is 16.5 Å². The molecule has 0 bridgehead atoms. The summed E-state index contributed by atoms with van der Waals surface area (Å²) < 4.78 is 98.5. The second-order valence-corrected chi connectivity index (χ2v) is 7.94. The number of benzene rings is 1. The van der Waals surface area contributed by atoms with Gasteiger partial charge in [0.25, 0.3) is 0 Å². The molecule has 0 N–H and O–H groups in total. The zero-order chi connectivity index (χ0) is 23.3. The molecule has 0 spiro atoms. The average Bonchev–Trinajstić information content (AvgIpc) is 2.90. The molecule has 1 aliphatic carbocycles. The van der Waals surface area contributed by atoms with E-state index in [-0.39, 0.29) is 17.6 Å². The van der Waals surface area contributed by atoms with Crippen LogP contribution >= 0.6 is 11.6 Å². The van der Waals surface area contributed by atoms with Crippen LogP contribution in [-0.4, -0.2) is 35.5 Å². The summed E-state index contributed by atoms with van der Waals surface area (Å²) in [6.07, 6.45) is -11.4. The van der Waals surface area contributed by atoms with Crippen molar-refractivity contribution >= 4 is 17.7 Å². The van der Waals surface area contributed by atoms with Crippen LogP contribution in [-0.2, 0) is 11.3 Å². The lowest BCUT2D eigenvalue weighted by Crippen LogP contribution is -2.41. The third-order valence-electron chi connectivity index (χ3n) is 5.58. The topological polar surface area (TPSA) is 29.5 Å². The number of halogens is 8. The number of alkyl halides is 6. The Balaban J connectivity index is 1.92. The molecule has 4 atom stereocenters. The number of allylic oxidation sites excluding steroid dienone is 3. The smallest absolute Gasteiger partial charge is 0.416 e. The lowest BCUT2D eigenvalue weighted by molar-refractivity contribution is -0.107. The van der Waals surface area contributed by atoms with Gasteiger partial charge in [-0.3, -0.25) is 4.90 Å². The molecule has 170 valence electrons. The molecular formula is C20H17ClF7NO2. The highest BCUT2D eigenvalue weighted by molar-refractivity contribution is 6.31. The van der Waals surface area contributed by atoms with Gasteiger partial charge >= 0.3 is 18.4 Å². The lowest BCUT2D eigenvalue weighted by atomic mass is 9.76. The molecule has 1 saturated heterocycles. The minimum Gasteiger partial charge on any atom is -0.443 e. The van der Waals surface area contributed by atoms with Gasteiger partial charge in [0.1, 0.15) is 11.9 Å². The van der Waals surface area contributed by atoms with Gasteiger partial charge in [0.15, 0.2) is 0 Å². The van der Waals surface area contributed by atoms with Gasteiger partial charge in [-0.05, 0) is 36.6 Å². The van der Waals surface area contributed by atoms with Crippen molar-refractivity contribution in [1.29, 1.82) is 0 Å². The van der Waals surface area contributed by atoms with Crippen molar-refractivity contribution in [2.24, 2.45) is 11.8 Å². The van der Waals surface area contributed by atoms with E-state index in [1.807, 2.05) is 0 Å². The number of rotatable bonds is 3. The number of amides is 1. The van der Waals surface area contributed by atoms with Gasteiger partial charge in [0.2, 0.25) is 0 Å². The Kier molecular flexibility index (Phi) is 6.07. The maximum atomic E-state index is 13.4. The molecule has 1 aromatic rings. The van der Waals surface area contributed by atoms with E-state index in [0.29, 0.717) is 11.6 Å². The van der Waals surface area contributed by atoms with Crippen LogP contribution < -0.4 is 0 Å². The Morgan fingerprint density at radius 3 is 2.29 bits per heavy atom. The van der Waals surface area contributed by atoms with Crippen molar-refractivity contribution < 1.29 is 40.3 Å². The van der Waals surface area contributed by atoms with Crippen LogP contribution in [0.25, 0.3) is 0 Å². The second kappa shape index (κ2) is 8.03. The first-order chi connectivity index (χ1) is 14.2. The highest BCUT2D eigenvalue weighted by Crippen LogP contribution is 2.46. The fourth-order valence-electron chi connectivity index (χ4n) is 3.87. The highest BCUT2D eigenvalue weighted by atomic mass is 35.5. The van der Waals surface area contributed by atoms with Gasteiger partial charge < -0.3 is 4.74 Å². The quantitative estimate of drug-likeness (QED) is 0.475. The van der Waals surface area contributed by atoms with Crippen molar-refractivity contribution in [1.82, 2.24) is 4.90 Å². The molecule has 31 heavy (non-hydrogen) atoms. The molecule has 0 aromatic heterocycles. The van der Waals surface area contributed by atoms with E-state index in [9.17, 15) is 35.5 Å². The zero-order valence-electron chi connectivity index (χ0n) is 16.2. The van der Waals surface area contributed by atoms with Crippen molar-refractivity contribution in [2.45, 2.75) is 44.9 Å². The minimum atomic E-state index is -5.00. The molecule has 3 unspecified atom stereocenters. The van der Waals surface area contributed by atoms with Crippen molar-refractivity contribution in [3.05, 3.63) is 57.9 Å². The predicted octanol–water partition coefficient (Wildman–Crippen LogP) is 6.43. The van der Waals surface area contributed by atoms with Crippen LogP contribution in [0, 0.1) is 17.7 Å². The van der Waals surface area contributed by atoms with E-state index < -0.39 is 59.4 Å². The Morgan fingerprint density at radius 1 is 1.10 bits per heavy atom. The predicted molar refractivity (Wildman–Crippen MR) is 97.6 cm³/mol. The largest absolute Gasteiger partial charge is 0.443 e. The molecule has 2 aliphatic rings. The van der Waals surface area contributed by atoms with Crippen LogP contribution in [0.5, 0.6) is 0 Å². The summed E-state index contributed by atoms with van der Waals surface area (Å²) in [5, 5.41) is 0.0241. The van der Waals surface area contributed by atoms with E-state index in [0.717, 1.165) is 24.0 Å². The molecular weight excluding hydrogens is 455 g/mol. The number of carbonyl (C=O) groups excluding carboxylic acids is 1. The molecule has 3 rings (SSSR count). The lowest BCUT2D eigenvalue weighted by Gasteiger charge is -2.34. The molecule has 1 aliphatic heterocycles. The van der Waals surface area contributed by atoms with Crippen molar-refractivity contribution in [3.63, 3.8) is 0 Å². The Morgan fingerprint density at radius 2 is 1.74 bits per heavy atom. The van der Waals surface area contributed by atoms with Gasteiger partial charge in [-0.25, -0.2) is 9.18 Å². The zero-order valence-corrected chi connectivity index (χ0v) is 16.9. The number of ether oxygens (including phenoxy) is 1. The number of hydrogen-bond donors (Lipinski definition) is 0. The first kappa shape index (κ1) is 23.4. The summed E-state index contributed by atoms with van der Waals surface area (Å²) >= 11 is 5.96. The molecule has 11 heteroatoms. The fraction of sp³-hybridized carbons (Fsp3) is 0.450. The standard InChI is InChI=1S/C20H17ClF7NO2/c1-9-14(5-12(19(23,24)25)6-15(9)20(26,27)28)17-10(2)29(18(30)31-17)8-11-3-4-13(22)7-16(11)21/h3-7,9-10,14,17H,8H2,1-2H3/t9?,10?,14?,17-/m0/s1. The summed E-state index contributed by atoms with van der Waals surface area (Å²) in [5.41, 5.74) is -2.42. The van der Waals surface area contributed by atoms with E-state index >= 15 is 0 Å². The first-order valence-electron chi connectivity index (χ1n) is 9.19. The third kappa shape index (κ3) is 4.68. The van der Waals surface area contributed by atoms with E-state index in [1.165, 1.54) is 13.0 Å². The van der Waals surface area contributed by atoms with Gasteiger partial charge in [-0.15, -0.1) is 0 Å². The fourth-order valence-corrected chi connectivity index (χ4v) is 4.10. The summed E-state index contributed by atoms with van der Waals surface area (Å²) in [6, 6.07) is 2.62. The molecule has 1 aromatic carbocycles. The van der Waals surface area contributed by atoms with Gasteiger partial charge in [-0.2, -0.15) is 26.3 Å². The number of nitrogens with zero attached hydrogens (tertiary/aromatic N) is 1. The van der Waals surface area contributed by atoms with Crippen molar-refractivity contribution in [2.75, 3.05) is 0 Å². The number of carbonyl (C=O) groups is 1. The highest BCUT2D eigenvalue weighted by Gasteiger charge is 2.51. The maximum absolute atomic E-state index is 13.4. The van der Waals surface area contributed by atoms with Crippen LogP contribution in [0.2, 0.25) is 5.02 Å². The van der Waals surface area contributed by atoms with Gasteiger partial charge in [-0.1, -0.05) is 30.7 Å². The summed E-state index contributed by atoms with van der Waals surface area (Å²) in [7, 11) is 0. The van der Waals surface area contributed by atoms with E-state index in [4.69, 9.17) is 16.3 Å². The number of cyclic esters (lactones) is 1. The Bertz CT molecular complexity index is 938.